The molecule has 1 saturated carbocycles. The second-order valence-corrected chi connectivity index (χ2v) is 5.26. The topological polar surface area (TPSA) is 24.9 Å². The fourth-order valence-electron chi connectivity index (χ4n) is 2.01. The molecule has 0 amide bonds. The second kappa shape index (κ2) is 4.72. The Hall–Kier alpha value is -0.600. The molecule has 1 unspecified atom stereocenters. The van der Waals surface area contributed by atoms with Crippen molar-refractivity contribution in [3.63, 3.8) is 0 Å². The van der Waals surface area contributed by atoms with E-state index in [0.717, 1.165) is 6.54 Å². The van der Waals surface area contributed by atoms with Gasteiger partial charge in [0.1, 0.15) is 5.15 Å². The van der Waals surface area contributed by atoms with E-state index >= 15 is 0 Å². The Bertz CT molecular complexity index is 361. The Morgan fingerprint density at radius 1 is 1.56 bits per heavy atom. The van der Waals surface area contributed by atoms with Crippen LogP contribution >= 0.6 is 11.6 Å². The van der Waals surface area contributed by atoms with Crippen LogP contribution in [0.4, 0.5) is 0 Å². The SMILES string of the molecule is CCC1(CNC(C)c2ccnc(Cl)c2)CC1. The Morgan fingerprint density at radius 3 is 2.88 bits per heavy atom. The van der Waals surface area contributed by atoms with Gasteiger partial charge in [-0.05, 0) is 49.3 Å². The molecule has 3 heteroatoms. The van der Waals surface area contributed by atoms with Crippen LogP contribution in [-0.2, 0) is 0 Å². The van der Waals surface area contributed by atoms with Crippen molar-refractivity contribution in [1.82, 2.24) is 10.3 Å². The van der Waals surface area contributed by atoms with Crippen LogP contribution in [0.5, 0.6) is 0 Å². The molecule has 1 N–H and O–H groups in total. The monoisotopic (exact) mass is 238 g/mol. The molecule has 1 heterocycles. The minimum atomic E-state index is 0.351. The van der Waals surface area contributed by atoms with Crippen molar-refractivity contribution < 1.29 is 0 Å². The van der Waals surface area contributed by atoms with Gasteiger partial charge in [0.2, 0.25) is 0 Å². The molecule has 1 aliphatic carbocycles. The van der Waals surface area contributed by atoms with Crippen LogP contribution in [-0.4, -0.2) is 11.5 Å². The van der Waals surface area contributed by atoms with Crippen molar-refractivity contribution >= 4 is 11.6 Å². The van der Waals surface area contributed by atoms with Crippen LogP contribution in [0.3, 0.4) is 0 Å². The predicted octanol–water partition coefficient (Wildman–Crippen LogP) is 3.58. The lowest BCUT2D eigenvalue weighted by molar-refractivity contribution is 0.415. The molecule has 0 bridgehead atoms. The van der Waals surface area contributed by atoms with Crippen molar-refractivity contribution in [2.24, 2.45) is 5.41 Å². The molecule has 1 fully saturated rings. The first-order valence-electron chi connectivity index (χ1n) is 6.00. The third kappa shape index (κ3) is 2.74. The third-order valence-electron chi connectivity index (χ3n) is 3.74. The Morgan fingerprint density at radius 2 is 2.31 bits per heavy atom. The van der Waals surface area contributed by atoms with E-state index in [-0.39, 0.29) is 0 Å². The van der Waals surface area contributed by atoms with Crippen molar-refractivity contribution in [2.75, 3.05) is 6.54 Å². The summed E-state index contributed by atoms with van der Waals surface area (Å²) in [4.78, 5) is 4.00. The zero-order valence-electron chi connectivity index (χ0n) is 9.96. The molecule has 1 aromatic rings. The van der Waals surface area contributed by atoms with Crippen LogP contribution in [0, 0.1) is 5.41 Å². The number of halogens is 1. The van der Waals surface area contributed by atoms with E-state index in [1.54, 1.807) is 6.20 Å². The third-order valence-corrected chi connectivity index (χ3v) is 3.95. The fraction of sp³-hybridized carbons (Fsp3) is 0.615. The number of aromatic nitrogens is 1. The molecular weight excluding hydrogens is 220 g/mol. The van der Waals surface area contributed by atoms with Gasteiger partial charge in [-0.1, -0.05) is 18.5 Å². The highest BCUT2D eigenvalue weighted by atomic mass is 35.5. The van der Waals surface area contributed by atoms with Gasteiger partial charge in [0.25, 0.3) is 0 Å². The van der Waals surface area contributed by atoms with E-state index in [2.05, 4.69) is 24.1 Å². The summed E-state index contributed by atoms with van der Waals surface area (Å²) in [6.45, 7) is 5.57. The van der Waals surface area contributed by atoms with Crippen molar-refractivity contribution in [2.45, 2.75) is 39.2 Å². The van der Waals surface area contributed by atoms with E-state index in [4.69, 9.17) is 11.6 Å². The highest BCUT2D eigenvalue weighted by Gasteiger charge is 2.40. The highest BCUT2D eigenvalue weighted by Crippen LogP contribution is 2.48. The van der Waals surface area contributed by atoms with Crippen molar-refractivity contribution in [3.05, 3.63) is 29.0 Å². The summed E-state index contributed by atoms with van der Waals surface area (Å²) in [5.74, 6) is 0. The number of hydrogen-bond acceptors (Lipinski definition) is 2. The summed E-state index contributed by atoms with van der Waals surface area (Å²) in [6.07, 6.45) is 5.80. The summed E-state index contributed by atoms with van der Waals surface area (Å²) in [5, 5.41) is 4.17. The first kappa shape index (κ1) is 11.9. The lowest BCUT2D eigenvalue weighted by atomic mass is 10.0. The van der Waals surface area contributed by atoms with Crippen LogP contribution in [0.25, 0.3) is 0 Å². The molecule has 2 nitrogen and oxygen atoms in total. The van der Waals surface area contributed by atoms with Gasteiger partial charge >= 0.3 is 0 Å². The predicted molar refractivity (Wildman–Crippen MR) is 67.6 cm³/mol. The number of hydrogen-bond donors (Lipinski definition) is 1. The Kier molecular flexibility index (Phi) is 3.50. The van der Waals surface area contributed by atoms with E-state index in [1.807, 2.05) is 12.1 Å². The first-order valence-corrected chi connectivity index (χ1v) is 6.38. The Labute approximate surface area is 102 Å². The molecule has 0 aliphatic heterocycles. The fourth-order valence-corrected chi connectivity index (χ4v) is 2.19. The zero-order valence-corrected chi connectivity index (χ0v) is 10.7. The van der Waals surface area contributed by atoms with Gasteiger partial charge in [-0.3, -0.25) is 0 Å². The minimum absolute atomic E-state index is 0.351. The molecule has 1 aliphatic rings. The van der Waals surface area contributed by atoms with Crippen LogP contribution in [0.15, 0.2) is 18.3 Å². The molecule has 0 radical (unpaired) electrons. The van der Waals surface area contributed by atoms with Crippen molar-refractivity contribution in [3.8, 4) is 0 Å². The number of nitrogens with zero attached hydrogens (tertiary/aromatic N) is 1. The minimum Gasteiger partial charge on any atom is -0.310 e. The van der Waals surface area contributed by atoms with Crippen LogP contribution in [0.2, 0.25) is 5.15 Å². The lowest BCUT2D eigenvalue weighted by Gasteiger charge is -2.19. The highest BCUT2D eigenvalue weighted by molar-refractivity contribution is 6.29. The summed E-state index contributed by atoms with van der Waals surface area (Å²) < 4.78 is 0. The maximum absolute atomic E-state index is 5.88. The van der Waals surface area contributed by atoms with Gasteiger partial charge in [0, 0.05) is 18.8 Å². The van der Waals surface area contributed by atoms with Gasteiger partial charge in [-0.2, -0.15) is 0 Å². The smallest absolute Gasteiger partial charge is 0.129 e. The molecule has 1 aromatic heterocycles. The largest absolute Gasteiger partial charge is 0.310 e. The van der Waals surface area contributed by atoms with Crippen molar-refractivity contribution in [1.29, 1.82) is 0 Å². The molecule has 88 valence electrons. The van der Waals surface area contributed by atoms with Gasteiger partial charge in [0.05, 0.1) is 0 Å². The molecular formula is C13H19ClN2. The van der Waals surface area contributed by atoms with Gasteiger partial charge in [-0.25, -0.2) is 4.98 Å². The summed E-state index contributed by atoms with van der Waals surface area (Å²) in [7, 11) is 0. The summed E-state index contributed by atoms with van der Waals surface area (Å²) >= 11 is 5.88. The molecule has 1 atom stereocenters. The Balaban J connectivity index is 1.90. The van der Waals surface area contributed by atoms with Crippen LogP contribution in [0.1, 0.15) is 44.7 Å². The average molecular weight is 239 g/mol. The molecule has 16 heavy (non-hydrogen) atoms. The zero-order chi connectivity index (χ0) is 11.6. The molecule has 2 rings (SSSR count). The molecule has 0 saturated heterocycles. The standard InChI is InChI=1S/C13H19ClN2/c1-3-13(5-6-13)9-16-10(2)11-4-7-15-12(14)8-11/h4,7-8,10,16H,3,5-6,9H2,1-2H3. The van der Waals surface area contributed by atoms with Gasteiger partial charge in [-0.15, -0.1) is 0 Å². The van der Waals surface area contributed by atoms with E-state index in [0.29, 0.717) is 16.6 Å². The maximum atomic E-state index is 5.88. The van der Waals surface area contributed by atoms with Gasteiger partial charge in [0.15, 0.2) is 0 Å². The number of pyridine rings is 1. The van der Waals surface area contributed by atoms with E-state index in [1.165, 1.54) is 24.8 Å². The molecule has 0 spiro atoms. The quantitative estimate of drug-likeness (QED) is 0.794. The molecule has 0 aromatic carbocycles. The van der Waals surface area contributed by atoms with E-state index < -0.39 is 0 Å². The first-order chi connectivity index (χ1) is 7.65. The van der Waals surface area contributed by atoms with Gasteiger partial charge < -0.3 is 5.32 Å². The number of rotatable bonds is 5. The number of nitrogens with one attached hydrogen (secondary N) is 1. The average Bonchev–Trinajstić information content (AvgIpc) is 3.07. The van der Waals surface area contributed by atoms with E-state index in [9.17, 15) is 0 Å². The normalized spacial score (nSPS) is 19.4. The van der Waals surface area contributed by atoms with Crippen LogP contribution < -0.4 is 5.32 Å². The second-order valence-electron chi connectivity index (χ2n) is 4.87. The lowest BCUT2D eigenvalue weighted by Crippen LogP contribution is -2.26. The summed E-state index contributed by atoms with van der Waals surface area (Å²) in [6, 6.07) is 4.31. The summed E-state index contributed by atoms with van der Waals surface area (Å²) in [5.41, 5.74) is 1.80. The maximum Gasteiger partial charge on any atom is 0.129 e.